The molecule has 0 amide bonds. The molecule has 84 valence electrons. The zero-order valence-electron chi connectivity index (χ0n) is 8.64. The summed E-state index contributed by atoms with van der Waals surface area (Å²) in [6.07, 6.45) is 1.28. The van der Waals surface area contributed by atoms with Crippen molar-refractivity contribution in [3.63, 3.8) is 0 Å². The summed E-state index contributed by atoms with van der Waals surface area (Å²) in [6, 6.07) is 5.55. The standard InChI is InChI=1S/C12H12FNO2/c1-2-11-10(7-15)14-12(16-11)8-3-5-9(13)6-4-8/h2-6,10-11,15H,1,7H2/t10-,11-/m0/s1. The Bertz CT molecular complexity index is 414. The van der Waals surface area contributed by atoms with Gasteiger partial charge in [0.15, 0.2) is 0 Å². The Labute approximate surface area is 92.9 Å². The highest BCUT2D eigenvalue weighted by Crippen LogP contribution is 2.18. The number of halogens is 1. The minimum absolute atomic E-state index is 0.0959. The number of nitrogens with zero attached hydrogens (tertiary/aromatic N) is 1. The van der Waals surface area contributed by atoms with Crippen LogP contribution in [0.3, 0.4) is 0 Å². The van der Waals surface area contributed by atoms with Crippen LogP contribution in [-0.4, -0.2) is 29.8 Å². The largest absolute Gasteiger partial charge is 0.468 e. The molecule has 0 unspecified atom stereocenters. The third-order valence-electron chi connectivity index (χ3n) is 2.42. The van der Waals surface area contributed by atoms with Gasteiger partial charge in [-0.1, -0.05) is 6.58 Å². The first kappa shape index (κ1) is 10.8. The normalized spacial score (nSPS) is 23.8. The summed E-state index contributed by atoms with van der Waals surface area (Å²) in [5.74, 6) is 0.116. The molecule has 0 bridgehead atoms. The Hall–Kier alpha value is -1.68. The van der Waals surface area contributed by atoms with Gasteiger partial charge in [0.25, 0.3) is 0 Å². The van der Waals surface area contributed by atoms with Crippen molar-refractivity contribution < 1.29 is 14.2 Å². The van der Waals surface area contributed by atoms with Gasteiger partial charge in [-0.3, -0.25) is 0 Å². The number of rotatable bonds is 3. The summed E-state index contributed by atoms with van der Waals surface area (Å²) in [5.41, 5.74) is 0.698. The number of aliphatic hydroxyl groups excluding tert-OH is 1. The van der Waals surface area contributed by atoms with E-state index in [1.165, 1.54) is 12.1 Å². The maximum absolute atomic E-state index is 12.7. The van der Waals surface area contributed by atoms with Gasteiger partial charge >= 0.3 is 0 Å². The van der Waals surface area contributed by atoms with Gasteiger partial charge in [0, 0.05) is 5.56 Å². The number of ether oxygens (including phenoxy) is 1. The third kappa shape index (κ3) is 1.97. The molecule has 0 fully saturated rings. The summed E-state index contributed by atoms with van der Waals surface area (Å²) in [7, 11) is 0. The van der Waals surface area contributed by atoms with E-state index in [0.717, 1.165) is 0 Å². The Morgan fingerprint density at radius 3 is 2.62 bits per heavy atom. The molecule has 2 rings (SSSR count). The van der Waals surface area contributed by atoms with Crippen LogP contribution in [0.2, 0.25) is 0 Å². The summed E-state index contributed by atoms with van der Waals surface area (Å²) in [4.78, 5) is 4.21. The van der Waals surface area contributed by atoms with Gasteiger partial charge in [0.2, 0.25) is 5.90 Å². The first-order valence-electron chi connectivity index (χ1n) is 4.98. The lowest BCUT2D eigenvalue weighted by molar-refractivity contribution is 0.184. The lowest BCUT2D eigenvalue weighted by Crippen LogP contribution is -2.23. The lowest BCUT2D eigenvalue weighted by atomic mass is 10.2. The minimum Gasteiger partial charge on any atom is -0.468 e. The molecule has 1 aliphatic heterocycles. The first-order valence-corrected chi connectivity index (χ1v) is 4.98. The van der Waals surface area contributed by atoms with Gasteiger partial charge in [0.1, 0.15) is 18.0 Å². The van der Waals surface area contributed by atoms with Crippen molar-refractivity contribution >= 4 is 5.90 Å². The molecule has 16 heavy (non-hydrogen) atoms. The molecule has 0 spiro atoms. The molecule has 3 nitrogen and oxygen atoms in total. The quantitative estimate of drug-likeness (QED) is 0.786. The van der Waals surface area contributed by atoms with Crippen molar-refractivity contribution in [3.05, 3.63) is 48.3 Å². The van der Waals surface area contributed by atoms with Crippen LogP contribution >= 0.6 is 0 Å². The van der Waals surface area contributed by atoms with E-state index in [4.69, 9.17) is 9.84 Å². The summed E-state index contributed by atoms with van der Waals surface area (Å²) >= 11 is 0. The minimum atomic E-state index is -0.322. The highest BCUT2D eigenvalue weighted by molar-refractivity contribution is 5.95. The van der Waals surface area contributed by atoms with Gasteiger partial charge < -0.3 is 9.84 Å². The SMILES string of the molecule is C=C[C@@H]1OC(c2ccc(F)cc2)=N[C@H]1CO. The number of benzene rings is 1. The van der Waals surface area contributed by atoms with Gasteiger partial charge in [-0.05, 0) is 30.3 Å². The molecule has 0 saturated heterocycles. The van der Waals surface area contributed by atoms with Crippen LogP contribution in [0, 0.1) is 5.82 Å². The molecule has 0 saturated carbocycles. The molecule has 1 aromatic carbocycles. The van der Waals surface area contributed by atoms with Crippen molar-refractivity contribution in [2.45, 2.75) is 12.1 Å². The Morgan fingerprint density at radius 2 is 2.12 bits per heavy atom. The lowest BCUT2D eigenvalue weighted by Gasteiger charge is -2.10. The van der Waals surface area contributed by atoms with Crippen LogP contribution < -0.4 is 0 Å². The predicted molar refractivity (Wildman–Crippen MR) is 58.9 cm³/mol. The summed E-state index contributed by atoms with van der Waals surface area (Å²) in [6.45, 7) is 3.52. The fraction of sp³-hybridized carbons (Fsp3) is 0.250. The number of hydrogen-bond acceptors (Lipinski definition) is 3. The van der Waals surface area contributed by atoms with Crippen molar-refractivity contribution in [3.8, 4) is 0 Å². The number of aliphatic hydroxyl groups is 1. The number of aliphatic imine (C=N–C) groups is 1. The van der Waals surface area contributed by atoms with Crippen molar-refractivity contribution in [1.82, 2.24) is 0 Å². The predicted octanol–water partition coefficient (Wildman–Crippen LogP) is 1.52. The van der Waals surface area contributed by atoms with Gasteiger partial charge in [-0.15, -0.1) is 0 Å². The van der Waals surface area contributed by atoms with E-state index in [1.807, 2.05) is 0 Å². The maximum Gasteiger partial charge on any atom is 0.217 e. The fourth-order valence-corrected chi connectivity index (χ4v) is 1.55. The Kier molecular flexibility index (Phi) is 3.01. The van der Waals surface area contributed by atoms with Crippen molar-refractivity contribution in [2.24, 2.45) is 4.99 Å². The van der Waals surface area contributed by atoms with Gasteiger partial charge in [0.05, 0.1) is 6.61 Å². The van der Waals surface area contributed by atoms with E-state index in [2.05, 4.69) is 11.6 Å². The first-order chi connectivity index (χ1) is 7.74. The average Bonchev–Trinajstić information content (AvgIpc) is 2.73. The van der Waals surface area contributed by atoms with Gasteiger partial charge in [-0.2, -0.15) is 0 Å². The second-order valence-electron chi connectivity index (χ2n) is 3.51. The average molecular weight is 221 g/mol. The van der Waals surface area contributed by atoms with Crippen LogP contribution in [0.15, 0.2) is 41.9 Å². The second kappa shape index (κ2) is 4.45. The zero-order chi connectivity index (χ0) is 11.5. The topological polar surface area (TPSA) is 41.8 Å². The van der Waals surface area contributed by atoms with E-state index >= 15 is 0 Å². The van der Waals surface area contributed by atoms with Crippen LogP contribution in [0.25, 0.3) is 0 Å². The van der Waals surface area contributed by atoms with Crippen LogP contribution in [0.4, 0.5) is 4.39 Å². The summed E-state index contributed by atoms with van der Waals surface area (Å²) < 4.78 is 18.2. The smallest absolute Gasteiger partial charge is 0.217 e. The molecule has 2 atom stereocenters. The molecule has 0 aliphatic carbocycles. The molecule has 4 heteroatoms. The zero-order valence-corrected chi connectivity index (χ0v) is 8.64. The van der Waals surface area contributed by atoms with Crippen LogP contribution in [-0.2, 0) is 4.74 Å². The highest BCUT2D eigenvalue weighted by atomic mass is 19.1. The van der Waals surface area contributed by atoms with Crippen molar-refractivity contribution in [2.75, 3.05) is 6.61 Å². The maximum atomic E-state index is 12.7. The molecular weight excluding hydrogens is 209 g/mol. The van der Waals surface area contributed by atoms with E-state index < -0.39 is 0 Å². The molecule has 1 aromatic rings. The van der Waals surface area contributed by atoms with E-state index in [1.54, 1.807) is 18.2 Å². The Balaban J connectivity index is 2.23. The second-order valence-corrected chi connectivity index (χ2v) is 3.51. The van der Waals surface area contributed by atoms with E-state index in [9.17, 15) is 4.39 Å². The van der Waals surface area contributed by atoms with Crippen molar-refractivity contribution in [1.29, 1.82) is 0 Å². The molecule has 1 aliphatic rings. The molecule has 0 aromatic heterocycles. The fourth-order valence-electron chi connectivity index (χ4n) is 1.55. The van der Waals surface area contributed by atoms with E-state index in [-0.39, 0.29) is 24.6 Å². The summed E-state index contributed by atoms with van der Waals surface area (Å²) in [5, 5.41) is 9.08. The monoisotopic (exact) mass is 221 g/mol. The van der Waals surface area contributed by atoms with Crippen LogP contribution in [0.5, 0.6) is 0 Å². The number of hydrogen-bond donors (Lipinski definition) is 1. The molecule has 1 heterocycles. The van der Waals surface area contributed by atoms with E-state index in [0.29, 0.717) is 11.5 Å². The van der Waals surface area contributed by atoms with Crippen LogP contribution in [0.1, 0.15) is 5.56 Å². The molecule has 0 radical (unpaired) electrons. The highest BCUT2D eigenvalue weighted by Gasteiger charge is 2.28. The Morgan fingerprint density at radius 1 is 1.44 bits per heavy atom. The van der Waals surface area contributed by atoms with Gasteiger partial charge in [-0.25, -0.2) is 9.38 Å². The molecule has 1 N–H and O–H groups in total. The third-order valence-corrected chi connectivity index (χ3v) is 2.42. The molecular formula is C12H12FNO2.